The topological polar surface area (TPSA) is 66.4 Å². The molecule has 0 radical (unpaired) electrons. The molecule has 1 atom stereocenters. The van der Waals surface area contributed by atoms with Gasteiger partial charge >= 0.3 is 0 Å². The highest BCUT2D eigenvalue weighted by Crippen LogP contribution is 2.44. The zero-order chi connectivity index (χ0) is 10.9. The molecule has 1 unspecified atom stereocenters. The van der Waals surface area contributed by atoms with Gasteiger partial charge in [-0.05, 0) is 25.7 Å². The van der Waals surface area contributed by atoms with Crippen LogP contribution in [0.2, 0.25) is 0 Å². The van der Waals surface area contributed by atoms with Crippen molar-refractivity contribution in [1.82, 2.24) is 5.32 Å². The van der Waals surface area contributed by atoms with Crippen LogP contribution in [0, 0.1) is 5.41 Å². The second kappa shape index (κ2) is 4.03. The van der Waals surface area contributed by atoms with Gasteiger partial charge in [-0.2, -0.15) is 0 Å². The van der Waals surface area contributed by atoms with E-state index in [4.69, 9.17) is 5.11 Å². The van der Waals surface area contributed by atoms with Crippen molar-refractivity contribution in [1.29, 1.82) is 0 Å². The molecule has 0 bridgehead atoms. The maximum atomic E-state index is 11.4. The molecule has 2 fully saturated rings. The summed E-state index contributed by atoms with van der Waals surface area (Å²) in [5.41, 5.74) is 0.0706. The Bertz CT molecular complexity index is 322. The van der Waals surface area contributed by atoms with Crippen LogP contribution in [0.15, 0.2) is 0 Å². The van der Waals surface area contributed by atoms with Gasteiger partial charge < -0.3 is 10.4 Å². The Morgan fingerprint density at radius 3 is 2.67 bits per heavy atom. The van der Waals surface area contributed by atoms with Crippen molar-refractivity contribution in [3.8, 4) is 0 Å². The number of aliphatic hydroxyl groups excluding tert-OH is 1. The SMILES string of the molecule is O=S1(=O)CCCC(NCC2(CO)CC2)C1. The quantitative estimate of drug-likeness (QED) is 0.713. The van der Waals surface area contributed by atoms with Crippen LogP contribution in [0.1, 0.15) is 25.7 Å². The summed E-state index contributed by atoms with van der Waals surface area (Å²) in [6.45, 7) is 0.989. The average Bonchev–Trinajstić information content (AvgIpc) is 2.94. The van der Waals surface area contributed by atoms with Crippen LogP contribution in [0.3, 0.4) is 0 Å². The van der Waals surface area contributed by atoms with E-state index in [1.165, 1.54) is 0 Å². The van der Waals surface area contributed by atoms with Crippen molar-refractivity contribution < 1.29 is 13.5 Å². The maximum absolute atomic E-state index is 11.4. The van der Waals surface area contributed by atoms with Crippen LogP contribution in [-0.4, -0.2) is 44.2 Å². The van der Waals surface area contributed by atoms with Gasteiger partial charge in [-0.1, -0.05) is 0 Å². The summed E-state index contributed by atoms with van der Waals surface area (Å²) >= 11 is 0. The second-order valence-corrected chi connectivity index (χ2v) is 7.22. The molecule has 2 aliphatic rings. The Balaban J connectivity index is 1.80. The van der Waals surface area contributed by atoms with E-state index in [1.54, 1.807) is 0 Å². The summed E-state index contributed by atoms with van der Waals surface area (Å²) in [4.78, 5) is 0. The van der Waals surface area contributed by atoms with Gasteiger partial charge in [0.15, 0.2) is 9.84 Å². The number of aliphatic hydroxyl groups is 1. The van der Waals surface area contributed by atoms with Crippen molar-refractivity contribution >= 4 is 9.84 Å². The van der Waals surface area contributed by atoms with Gasteiger partial charge in [0.2, 0.25) is 0 Å². The lowest BCUT2D eigenvalue weighted by Gasteiger charge is -2.25. The molecule has 15 heavy (non-hydrogen) atoms. The van der Waals surface area contributed by atoms with E-state index >= 15 is 0 Å². The number of hydrogen-bond acceptors (Lipinski definition) is 4. The van der Waals surface area contributed by atoms with Gasteiger partial charge in [-0.25, -0.2) is 8.42 Å². The molecule has 0 aromatic rings. The third-order valence-corrected chi connectivity index (χ3v) is 5.34. The van der Waals surface area contributed by atoms with Gasteiger partial charge in [-0.3, -0.25) is 0 Å². The van der Waals surface area contributed by atoms with Gasteiger partial charge in [0, 0.05) is 24.6 Å². The van der Waals surface area contributed by atoms with Crippen molar-refractivity contribution in [2.24, 2.45) is 5.41 Å². The van der Waals surface area contributed by atoms with E-state index in [0.29, 0.717) is 5.75 Å². The summed E-state index contributed by atoms with van der Waals surface area (Å²) < 4.78 is 22.8. The second-order valence-electron chi connectivity index (χ2n) is 4.99. The molecule has 1 aliphatic heterocycles. The fourth-order valence-electron chi connectivity index (χ4n) is 2.11. The number of nitrogens with one attached hydrogen (secondary N) is 1. The fourth-order valence-corrected chi connectivity index (χ4v) is 3.78. The minimum Gasteiger partial charge on any atom is -0.396 e. The molecule has 2 N–H and O–H groups in total. The summed E-state index contributed by atoms with van der Waals surface area (Å²) in [7, 11) is -2.81. The van der Waals surface area contributed by atoms with Gasteiger partial charge in [0.05, 0.1) is 11.5 Å². The lowest BCUT2D eigenvalue weighted by molar-refractivity contribution is 0.204. The highest BCUT2D eigenvalue weighted by Gasteiger charge is 2.42. The summed E-state index contributed by atoms with van der Waals surface area (Å²) in [5, 5.41) is 12.4. The zero-order valence-electron chi connectivity index (χ0n) is 8.91. The van der Waals surface area contributed by atoms with Crippen LogP contribution < -0.4 is 5.32 Å². The molecular weight excluding hydrogens is 214 g/mol. The number of rotatable bonds is 4. The third kappa shape index (κ3) is 2.92. The van der Waals surface area contributed by atoms with E-state index in [0.717, 1.165) is 32.2 Å². The highest BCUT2D eigenvalue weighted by molar-refractivity contribution is 7.91. The van der Waals surface area contributed by atoms with Gasteiger partial charge in [0.1, 0.15) is 0 Å². The summed E-state index contributed by atoms with van der Waals surface area (Å²) in [6.07, 6.45) is 3.85. The molecule has 0 spiro atoms. The normalized spacial score (nSPS) is 32.5. The molecule has 2 rings (SSSR count). The van der Waals surface area contributed by atoms with Gasteiger partial charge in [-0.15, -0.1) is 0 Å². The minimum atomic E-state index is -2.81. The fraction of sp³-hybridized carbons (Fsp3) is 1.00. The molecule has 5 heteroatoms. The molecule has 0 amide bonds. The first-order valence-electron chi connectivity index (χ1n) is 5.60. The number of hydrogen-bond donors (Lipinski definition) is 2. The van der Waals surface area contributed by atoms with E-state index in [-0.39, 0.29) is 23.8 Å². The molecule has 4 nitrogen and oxygen atoms in total. The Morgan fingerprint density at radius 2 is 2.13 bits per heavy atom. The first-order valence-corrected chi connectivity index (χ1v) is 7.42. The van der Waals surface area contributed by atoms with Crippen LogP contribution in [0.25, 0.3) is 0 Å². The van der Waals surface area contributed by atoms with E-state index < -0.39 is 9.84 Å². The highest BCUT2D eigenvalue weighted by atomic mass is 32.2. The zero-order valence-corrected chi connectivity index (χ0v) is 9.72. The predicted octanol–water partition coefficient (Wildman–Crippen LogP) is -0.0743. The van der Waals surface area contributed by atoms with Crippen LogP contribution in [-0.2, 0) is 9.84 Å². The summed E-state index contributed by atoms with van der Waals surface area (Å²) in [6, 6.07) is 0.104. The number of sulfone groups is 1. The van der Waals surface area contributed by atoms with Crippen LogP contribution in [0.5, 0.6) is 0 Å². The van der Waals surface area contributed by atoms with E-state index in [9.17, 15) is 8.42 Å². The molecular formula is C10H19NO3S. The lowest BCUT2D eigenvalue weighted by atomic mass is 10.1. The Labute approximate surface area is 91.0 Å². The monoisotopic (exact) mass is 233 g/mol. The molecule has 1 saturated heterocycles. The average molecular weight is 233 g/mol. The predicted molar refractivity (Wildman–Crippen MR) is 58.4 cm³/mol. The molecule has 88 valence electrons. The van der Waals surface area contributed by atoms with Crippen LogP contribution >= 0.6 is 0 Å². The molecule has 1 aliphatic carbocycles. The Kier molecular flexibility index (Phi) is 3.05. The third-order valence-electron chi connectivity index (χ3n) is 3.52. The molecule has 0 aromatic carbocycles. The molecule has 1 saturated carbocycles. The van der Waals surface area contributed by atoms with Crippen molar-refractivity contribution in [2.45, 2.75) is 31.7 Å². The Morgan fingerprint density at radius 1 is 1.40 bits per heavy atom. The van der Waals surface area contributed by atoms with Crippen LogP contribution in [0.4, 0.5) is 0 Å². The first kappa shape index (κ1) is 11.4. The van der Waals surface area contributed by atoms with Gasteiger partial charge in [0.25, 0.3) is 0 Å². The lowest BCUT2D eigenvalue weighted by Crippen LogP contribution is -2.43. The minimum absolute atomic E-state index is 0.0706. The van der Waals surface area contributed by atoms with Crippen molar-refractivity contribution in [2.75, 3.05) is 24.7 Å². The van der Waals surface area contributed by atoms with Crippen molar-refractivity contribution in [3.05, 3.63) is 0 Å². The van der Waals surface area contributed by atoms with E-state index in [1.807, 2.05) is 0 Å². The largest absolute Gasteiger partial charge is 0.396 e. The maximum Gasteiger partial charge on any atom is 0.151 e. The standard InChI is InChI=1S/C10H19NO3S/c12-8-10(3-4-10)7-11-9-2-1-5-15(13,14)6-9/h9,11-12H,1-8H2. The molecule has 1 heterocycles. The molecule has 0 aromatic heterocycles. The first-order chi connectivity index (χ1) is 7.05. The summed E-state index contributed by atoms with van der Waals surface area (Å²) in [5.74, 6) is 0.616. The van der Waals surface area contributed by atoms with Crippen molar-refractivity contribution in [3.63, 3.8) is 0 Å². The smallest absolute Gasteiger partial charge is 0.151 e. The Hall–Kier alpha value is -0.130. The van der Waals surface area contributed by atoms with E-state index in [2.05, 4.69) is 5.32 Å².